The number of unbranched alkanes of at least 4 members (excludes halogenated alkanes) is 2. The van der Waals surface area contributed by atoms with Crippen molar-refractivity contribution in [2.45, 2.75) is 39.3 Å². The molecule has 0 saturated carbocycles. The van der Waals surface area contributed by atoms with Crippen molar-refractivity contribution in [1.29, 1.82) is 0 Å². The van der Waals surface area contributed by atoms with Crippen LogP contribution >= 0.6 is 11.3 Å². The van der Waals surface area contributed by atoms with Gasteiger partial charge in [0, 0.05) is 19.1 Å². The van der Waals surface area contributed by atoms with Gasteiger partial charge in [0.05, 0.1) is 34.8 Å². The SMILES string of the molecule is Cc1ncc([N+](=O)[O-])n1CCCCCOCc1c(-c2ccccc2)nc2sc3ccccc3n12. The molecule has 5 rings (SSSR count). The molecule has 0 spiro atoms. The summed E-state index contributed by atoms with van der Waals surface area (Å²) in [5.74, 6) is 0.721. The predicted molar refractivity (Wildman–Crippen MR) is 133 cm³/mol. The first kappa shape index (κ1) is 22.2. The quantitative estimate of drug-likeness (QED) is 0.140. The monoisotopic (exact) mass is 475 g/mol. The molecule has 0 saturated heterocycles. The van der Waals surface area contributed by atoms with E-state index in [0.29, 0.717) is 25.6 Å². The minimum absolute atomic E-state index is 0.0509. The number of hydrogen-bond acceptors (Lipinski definition) is 6. The summed E-state index contributed by atoms with van der Waals surface area (Å²) in [5, 5.41) is 11.1. The summed E-state index contributed by atoms with van der Waals surface area (Å²) < 4.78 is 11.2. The zero-order valence-corrected chi connectivity index (χ0v) is 19.7. The second kappa shape index (κ2) is 9.74. The van der Waals surface area contributed by atoms with Gasteiger partial charge in [0.1, 0.15) is 6.20 Å². The number of ether oxygens (including phenoxy) is 1. The smallest absolute Gasteiger partial charge is 0.342 e. The molecule has 0 unspecified atom stereocenters. The van der Waals surface area contributed by atoms with Gasteiger partial charge in [-0.1, -0.05) is 53.8 Å². The van der Waals surface area contributed by atoms with E-state index in [1.807, 2.05) is 30.3 Å². The van der Waals surface area contributed by atoms with Gasteiger partial charge in [-0.25, -0.2) is 14.5 Å². The Morgan fingerprint density at radius 1 is 1.06 bits per heavy atom. The zero-order valence-electron chi connectivity index (χ0n) is 18.9. The molecule has 174 valence electrons. The van der Waals surface area contributed by atoms with Gasteiger partial charge >= 0.3 is 5.82 Å². The van der Waals surface area contributed by atoms with E-state index in [0.717, 1.165) is 46.7 Å². The fourth-order valence-corrected chi connectivity index (χ4v) is 5.28. The van der Waals surface area contributed by atoms with Gasteiger partial charge in [0.25, 0.3) is 0 Å². The van der Waals surface area contributed by atoms with Crippen molar-refractivity contribution in [3.05, 3.63) is 82.4 Å². The van der Waals surface area contributed by atoms with Gasteiger partial charge in [-0.2, -0.15) is 0 Å². The first-order valence-corrected chi connectivity index (χ1v) is 12.1. The Balaban J connectivity index is 1.24. The number of thiazole rings is 1. The van der Waals surface area contributed by atoms with Crippen LogP contribution in [0.2, 0.25) is 0 Å². The Morgan fingerprint density at radius 2 is 1.85 bits per heavy atom. The highest BCUT2D eigenvalue weighted by molar-refractivity contribution is 7.23. The van der Waals surface area contributed by atoms with Crippen LogP contribution in [0.4, 0.5) is 5.82 Å². The molecule has 0 aliphatic carbocycles. The molecule has 0 bridgehead atoms. The van der Waals surface area contributed by atoms with E-state index in [1.54, 1.807) is 22.8 Å². The lowest BCUT2D eigenvalue weighted by Gasteiger charge is -2.08. The van der Waals surface area contributed by atoms with Crippen molar-refractivity contribution in [1.82, 2.24) is 18.9 Å². The molecule has 0 aliphatic heterocycles. The van der Waals surface area contributed by atoms with E-state index < -0.39 is 0 Å². The van der Waals surface area contributed by atoms with Crippen molar-refractivity contribution in [3.8, 4) is 11.3 Å². The molecule has 3 heterocycles. The Hall–Kier alpha value is -3.56. The molecule has 0 N–H and O–H groups in total. The Morgan fingerprint density at radius 3 is 2.68 bits per heavy atom. The summed E-state index contributed by atoms with van der Waals surface area (Å²) in [6.07, 6.45) is 3.96. The fourth-order valence-electron chi connectivity index (χ4n) is 4.23. The lowest BCUT2D eigenvalue weighted by molar-refractivity contribution is -0.392. The van der Waals surface area contributed by atoms with Crippen molar-refractivity contribution >= 4 is 32.3 Å². The molecular formula is C25H25N5O3S. The second-order valence-corrected chi connectivity index (χ2v) is 9.16. The van der Waals surface area contributed by atoms with E-state index in [2.05, 4.69) is 33.7 Å². The van der Waals surface area contributed by atoms with Crippen LogP contribution in [0, 0.1) is 17.0 Å². The van der Waals surface area contributed by atoms with Crippen LogP contribution in [0.5, 0.6) is 0 Å². The molecule has 9 heteroatoms. The Labute approximate surface area is 200 Å². The topological polar surface area (TPSA) is 87.5 Å². The maximum atomic E-state index is 11.1. The number of imidazole rings is 2. The van der Waals surface area contributed by atoms with Gasteiger partial charge in [-0.15, -0.1) is 0 Å². The molecular weight excluding hydrogens is 450 g/mol. The van der Waals surface area contributed by atoms with Gasteiger partial charge in [-0.05, 0) is 36.3 Å². The van der Waals surface area contributed by atoms with Gasteiger partial charge in [-0.3, -0.25) is 4.40 Å². The number of aryl methyl sites for hydroxylation is 1. The second-order valence-electron chi connectivity index (χ2n) is 8.15. The highest BCUT2D eigenvalue weighted by atomic mass is 32.1. The van der Waals surface area contributed by atoms with E-state index in [1.165, 1.54) is 10.9 Å². The maximum absolute atomic E-state index is 11.1. The molecule has 2 aromatic carbocycles. The average Bonchev–Trinajstić information content (AvgIpc) is 3.51. The molecule has 0 radical (unpaired) electrons. The van der Waals surface area contributed by atoms with Gasteiger partial charge in [0.2, 0.25) is 0 Å². The molecule has 34 heavy (non-hydrogen) atoms. The molecule has 0 aliphatic rings. The third kappa shape index (κ3) is 4.32. The van der Waals surface area contributed by atoms with Gasteiger partial charge < -0.3 is 14.9 Å². The number of hydrogen-bond donors (Lipinski definition) is 0. The van der Waals surface area contributed by atoms with Crippen LogP contribution in [-0.2, 0) is 17.9 Å². The third-order valence-electron chi connectivity index (χ3n) is 5.93. The van der Waals surface area contributed by atoms with Crippen LogP contribution in [-0.4, -0.2) is 30.5 Å². The van der Waals surface area contributed by atoms with Crippen molar-refractivity contribution in [2.24, 2.45) is 0 Å². The number of aromatic nitrogens is 4. The molecule has 5 aromatic rings. The molecule has 8 nitrogen and oxygen atoms in total. The molecule has 0 fully saturated rings. The summed E-state index contributed by atoms with van der Waals surface area (Å²) >= 11 is 1.69. The standard InChI is InChI=1S/C25H25N5O3S/c1-18-26-16-23(30(31)32)28(18)14-8-3-9-15-33-17-21-24(19-10-4-2-5-11-19)27-25-29(21)20-12-6-7-13-22(20)34-25/h2,4-7,10-13,16H,3,8-9,14-15,17H2,1H3. The molecule has 0 amide bonds. The van der Waals surface area contributed by atoms with Crippen molar-refractivity contribution in [2.75, 3.05) is 6.61 Å². The Bertz CT molecular complexity index is 1440. The fraction of sp³-hybridized carbons (Fsp3) is 0.280. The minimum atomic E-state index is -0.381. The Kier molecular flexibility index (Phi) is 6.37. The number of rotatable bonds is 10. The number of nitrogens with zero attached hydrogens (tertiary/aromatic N) is 5. The number of para-hydroxylation sites is 1. The first-order chi connectivity index (χ1) is 16.6. The van der Waals surface area contributed by atoms with Crippen molar-refractivity contribution < 1.29 is 9.66 Å². The van der Waals surface area contributed by atoms with Gasteiger partial charge in [0.15, 0.2) is 10.8 Å². The van der Waals surface area contributed by atoms with Crippen LogP contribution in [0.15, 0.2) is 60.8 Å². The summed E-state index contributed by atoms with van der Waals surface area (Å²) in [6, 6.07) is 18.6. The van der Waals surface area contributed by atoms with Crippen molar-refractivity contribution in [3.63, 3.8) is 0 Å². The van der Waals surface area contributed by atoms with Crippen LogP contribution < -0.4 is 0 Å². The zero-order chi connectivity index (χ0) is 23.5. The third-order valence-corrected chi connectivity index (χ3v) is 6.95. The number of benzene rings is 2. The van der Waals surface area contributed by atoms with E-state index in [-0.39, 0.29) is 10.7 Å². The number of fused-ring (bicyclic) bond motifs is 3. The van der Waals surface area contributed by atoms with E-state index >= 15 is 0 Å². The summed E-state index contributed by atoms with van der Waals surface area (Å²) in [7, 11) is 0. The predicted octanol–water partition coefficient (Wildman–Crippen LogP) is 6.02. The highest BCUT2D eigenvalue weighted by Crippen LogP contribution is 2.33. The minimum Gasteiger partial charge on any atom is -0.375 e. The average molecular weight is 476 g/mol. The number of nitro groups is 1. The maximum Gasteiger partial charge on any atom is 0.342 e. The summed E-state index contributed by atoms with van der Waals surface area (Å²) in [4.78, 5) is 20.7. The normalized spacial score (nSPS) is 11.6. The molecule has 3 aromatic heterocycles. The van der Waals surface area contributed by atoms with Crippen LogP contribution in [0.25, 0.3) is 26.4 Å². The lowest BCUT2D eigenvalue weighted by atomic mass is 10.1. The highest BCUT2D eigenvalue weighted by Gasteiger charge is 2.19. The van der Waals surface area contributed by atoms with Crippen LogP contribution in [0.3, 0.4) is 0 Å². The lowest BCUT2D eigenvalue weighted by Crippen LogP contribution is -2.06. The largest absolute Gasteiger partial charge is 0.375 e. The first-order valence-electron chi connectivity index (χ1n) is 11.3. The van der Waals surface area contributed by atoms with E-state index in [4.69, 9.17) is 9.72 Å². The van der Waals surface area contributed by atoms with Crippen LogP contribution in [0.1, 0.15) is 30.8 Å². The summed E-state index contributed by atoms with van der Waals surface area (Å²) in [5.41, 5.74) is 4.25. The van der Waals surface area contributed by atoms with E-state index in [9.17, 15) is 10.1 Å². The summed E-state index contributed by atoms with van der Waals surface area (Å²) in [6.45, 7) is 3.47. The molecule has 0 atom stereocenters.